The summed E-state index contributed by atoms with van der Waals surface area (Å²) < 4.78 is 0. The molecule has 0 aliphatic carbocycles. The monoisotopic (exact) mass is 378 g/mol. The van der Waals surface area contributed by atoms with Crippen molar-refractivity contribution in [1.82, 2.24) is 4.90 Å². The van der Waals surface area contributed by atoms with E-state index in [-0.39, 0.29) is 18.2 Å². The lowest BCUT2D eigenvalue weighted by atomic mass is 10.1. The minimum atomic E-state index is -0.213. The van der Waals surface area contributed by atoms with Crippen molar-refractivity contribution < 1.29 is 9.59 Å². The van der Waals surface area contributed by atoms with Gasteiger partial charge >= 0.3 is 0 Å². The molecule has 0 bridgehead atoms. The molecular weight excluding hydrogens is 359 g/mol. The molecule has 2 aromatic carbocycles. The van der Waals surface area contributed by atoms with Gasteiger partial charge in [0.25, 0.3) is 0 Å². The van der Waals surface area contributed by atoms with Crippen molar-refractivity contribution >= 4 is 40.7 Å². The van der Waals surface area contributed by atoms with Crippen LogP contribution in [0, 0.1) is 0 Å². The van der Waals surface area contributed by atoms with Crippen LogP contribution >= 0.6 is 23.2 Å². The summed E-state index contributed by atoms with van der Waals surface area (Å²) in [5, 5.41) is 3.64. The van der Waals surface area contributed by atoms with E-state index in [1.807, 2.05) is 30.3 Å². The Balaban J connectivity index is 1.86. The highest BCUT2D eigenvalue weighted by molar-refractivity contribution is 6.35. The van der Waals surface area contributed by atoms with E-state index in [2.05, 4.69) is 5.32 Å². The van der Waals surface area contributed by atoms with Gasteiger partial charge in [0.1, 0.15) is 0 Å². The third kappa shape index (κ3) is 6.40. The molecule has 132 valence electrons. The second-order valence-electron chi connectivity index (χ2n) is 5.66. The first-order valence-electron chi connectivity index (χ1n) is 8.00. The summed E-state index contributed by atoms with van der Waals surface area (Å²) in [7, 11) is 0. The molecule has 0 aliphatic heterocycles. The molecule has 0 unspecified atom stereocenters. The minimum Gasteiger partial charge on any atom is -0.342 e. The Morgan fingerprint density at radius 2 is 1.76 bits per heavy atom. The molecule has 0 spiro atoms. The van der Waals surface area contributed by atoms with Crippen molar-refractivity contribution in [3.05, 3.63) is 64.1 Å². The molecule has 4 nitrogen and oxygen atoms in total. The number of hydrogen-bond acceptors (Lipinski definition) is 2. The third-order valence-corrected chi connectivity index (χ3v) is 4.33. The lowest BCUT2D eigenvalue weighted by Crippen LogP contribution is -2.33. The first kappa shape index (κ1) is 19.3. The lowest BCUT2D eigenvalue weighted by molar-refractivity contribution is -0.129. The Kier molecular flexibility index (Phi) is 7.29. The van der Waals surface area contributed by atoms with Gasteiger partial charge in [0.2, 0.25) is 11.8 Å². The van der Waals surface area contributed by atoms with Gasteiger partial charge in [0.15, 0.2) is 0 Å². The molecular formula is C19H20Cl2N2O2. The Morgan fingerprint density at radius 1 is 1.04 bits per heavy atom. The zero-order chi connectivity index (χ0) is 18.2. The van der Waals surface area contributed by atoms with Crippen LogP contribution in [0.15, 0.2) is 48.5 Å². The van der Waals surface area contributed by atoms with Crippen LogP contribution in [-0.4, -0.2) is 29.8 Å². The molecule has 25 heavy (non-hydrogen) atoms. The predicted octanol–water partition coefficient (Wildman–Crippen LogP) is 4.41. The van der Waals surface area contributed by atoms with Crippen LogP contribution in [0.2, 0.25) is 10.0 Å². The van der Waals surface area contributed by atoms with E-state index in [1.54, 1.807) is 23.1 Å². The van der Waals surface area contributed by atoms with Gasteiger partial charge in [-0.1, -0.05) is 53.5 Å². The highest BCUT2D eigenvalue weighted by atomic mass is 35.5. The van der Waals surface area contributed by atoms with Gasteiger partial charge in [0.05, 0.1) is 10.7 Å². The molecule has 1 N–H and O–H groups in total. The van der Waals surface area contributed by atoms with Crippen molar-refractivity contribution in [3.8, 4) is 0 Å². The minimum absolute atomic E-state index is 0.0514. The third-order valence-electron chi connectivity index (χ3n) is 3.77. The van der Waals surface area contributed by atoms with E-state index in [0.717, 1.165) is 12.0 Å². The van der Waals surface area contributed by atoms with Crippen LogP contribution in [0.1, 0.15) is 18.9 Å². The van der Waals surface area contributed by atoms with Crippen molar-refractivity contribution in [2.75, 3.05) is 18.4 Å². The first-order chi connectivity index (χ1) is 12.0. The number of carbonyl (C=O) groups excluding carboxylic acids is 2. The molecule has 2 aromatic rings. The number of anilines is 1. The van der Waals surface area contributed by atoms with Crippen LogP contribution in [0.5, 0.6) is 0 Å². The van der Waals surface area contributed by atoms with E-state index in [4.69, 9.17) is 23.2 Å². The van der Waals surface area contributed by atoms with E-state index in [0.29, 0.717) is 28.8 Å². The molecule has 2 amide bonds. The fraction of sp³-hybridized carbons (Fsp3) is 0.263. The Hall–Kier alpha value is -2.04. The largest absolute Gasteiger partial charge is 0.342 e. The van der Waals surface area contributed by atoms with Crippen LogP contribution < -0.4 is 5.32 Å². The second-order valence-corrected chi connectivity index (χ2v) is 6.51. The number of benzene rings is 2. The number of halogens is 2. The summed E-state index contributed by atoms with van der Waals surface area (Å²) in [4.78, 5) is 25.6. The maximum absolute atomic E-state index is 12.1. The van der Waals surface area contributed by atoms with Gasteiger partial charge in [-0.25, -0.2) is 0 Å². The summed E-state index contributed by atoms with van der Waals surface area (Å²) in [6.45, 7) is 2.44. The summed E-state index contributed by atoms with van der Waals surface area (Å²) in [6.07, 6.45) is 0.944. The van der Waals surface area contributed by atoms with Crippen molar-refractivity contribution in [2.24, 2.45) is 0 Å². The van der Waals surface area contributed by atoms with Gasteiger partial charge in [-0.05, 0) is 30.2 Å². The number of carbonyl (C=O) groups is 2. The first-order valence-corrected chi connectivity index (χ1v) is 8.75. The second kappa shape index (κ2) is 9.44. The van der Waals surface area contributed by atoms with Gasteiger partial charge in [-0.15, -0.1) is 0 Å². The molecule has 6 heteroatoms. The number of nitrogens with zero attached hydrogens (tertiary/aromatic N) is 1. The highest BCUT2D eigenvalue weighted by Crippen LogP contribution is 2.25. The molecule has 0 radical (unpaired) electrons. The molecule has 0 saturated carbocycles. The quantitative estimate of drug-likeness (QED) is 0.775. The molecule has 2 rings (SSSR count). The normalized spacial score (nSPS) is 10.4. The van der Waals surface area contributed by atoms with E-state index < -0.39 is 0 Å². The van der Waals surface area contributed by atoms with Gasteiger partial charge in [-0.2, -0.15) is 0 Å². The van der Waals surface area contributed by atoms with Crippen LogP contribution in [0.4, 0.5) is 5.69 Å². The number of hydrogen-bond donors (Lipinski definition) is 1. The molecule has 0 aromatic heterocycles. The number of rotatable bonds is 7. The average Bonchev–Trinajstić information content (AvgIpc) is 2.58. The van der Waals surface area contributed by atoms with Crippen molar-refractivity contribution in [1.29, 1.82) is 0 Å². The SMILES string of the molecule is CC(=O)N(CCC(=O)Nc1cc(Cl)ccc1Cl)CCc1ccccc1. The lowest BCUT2D eigenvalue weighted by Gasteiger charge is -2.21. The molecule has 0 saturated heterocycles. The molecule has 0 aliphatic rings. The van der Waals surface area contributed by atoms with Gasteiger partial charge in [-0.3, -0.25) is 9.59 Å². The van der Waals surface area contributed by atoms with Gasteiger partial charge in [0, 0.05) is 31.5 Å². The molecule has 0 fully saturated rings. The standard InChI is InChI=1S/C19H20Cl2N2O2/c1-14(24)23(11-9-15-5-3-2-4-6-15)12-10-19(25)22-18-13-16(20)7-8-17(18)21/h2-8,13H,9-12H2,1H3,(H,22,25). The Labute approximate surface area is 157 Å². The Bertz CT molecular complexity index is 735. The number of nitrogens with one attached hydrogen (secondary N) is 1. The smallest absolute Gasteiger partial charge is 0.226 e. The fourth-order valence-electron chi connectivity index (χ4n) is 2.38. The molecule has 0 atom stereocenters. The van der Waals surface area contributed by atoms with Crippen LogP contribution in [-0.2, 0) is 16.0 Å². The maximum Gasteiger partial charge on any atom is 0.226 e. The van der Waals surface area contributed by atoms with E-state index in [1.165, 1.54) is 6.92 Å². The maximum atomic E-state index is 12.1. The van der Waals surface area contributed by atoms with E-state index in [9.17, 15) is 9.59 Å². The summed E-state index contributed by atoms with van der Waals surface area (Å²) in [6, 6.07) is 14.8. The number of amides is 2. The van der Waals surface area contributed by atoms with Crippen LogP contribution in [0.25, 0.3) is 0 Å². The summed E-state index contributed by atoms with van der Waals surface area (Å²) in [5.74, 6) is -0.264. The van der Waals surface area contributed by atoms with Crippen molar-refractivity contribution in [2.45, 2.75) is 19.8 Å². The fourth-order valence-corrected chi connectivity index (χ4v) is 2.71. The van der Waals surface area contributed by atoms with Crippen molar-refractivity contribution in [3.63, 3.8) is 0 Å². The molecule has 0 heterocycles. The zero-order valence-corrected chi connectivity index (χ0v) is 15.5. The van der Waals surface area contributed by atoms with Gasteiger partial charge < -0.3 is 10.2 Å². The summed E-state index contributed by atoms with van der Waals surface area (Å²) in [5.41, 5.74) is 1.63. The van der Waals surface area contributed by atoms with Crippen LogP contribution in [0.3, 0.4) is 0 Å². The topological polar surface area (TPSA) is 49.4 Å². The zero-order valence-electron chi connectivity index (χ0n) is 14.0. The average molecular weight is 379 g/mol. The Morgan fingerprint density at radius 3 is 2.44 bits per heavy atom. The van der Waals surface area contributed by atoms with E-state index >= 15 is 0 Å². The highest BCUT2D eigenvalue weighted by Gasteiger charge is 2.12. The summed E-state index contributed by atoms with van der Waals surface area (Å²) >= 11 is 11.9. The predicted molar refractivity (Wildman–Crippen MR) is 102 cm³/mol.